The van der Waals surface area contributed by atoms with Gasteiger partial charge in [-0.15, -0.1) is 0 Å². The largest absolute Gasteiger partial charge is 0.459 e. The van der Waals surface area contributed by atoms with Gasteiger partial charge in [-0.1, -0.05) is 6.92 Å². The van der Waals surface area contributed by atoms with Crippen molar-refractivity contribution >= 4 is 11.9 Å². The Morgan fingerprint density at radius 1 is 0.480 bits per heavy atom. The summed E-state index contributed by atoms with van der Waals surface area (Å²) in [5.41, 5.74) is -2.68. The summed E-state index contributed by atoms with van der Waals surface area (Å²) in [6, 6.07) is 0. The number of halogens is 24. The first-order valence-corrected chi connectivity index (χ1v) is 12.2. The lowest BCUT2D eigenvalue weighted by atomic mass is 9.83. The van der Waals surface area contributed by atoms with Crippen molar-refractivity contribution in [1.82, 2.24) is 0 Å². The summed E-state index contributed by atoms with van der Waals surface area (Å²) in [7, 11) is 0. The van der Waals surface area contributed by atoms with Gasteiger partial charge in [0.25, 0.3) is 0 Å². The molecule has 0 aromatic heterocycles. The highest BCUT2D eigenvalue weighted by atomic mass is 19.4. The Morgan fingerprint density at radius 2 is 0.760 bits per heavy atom. The fraction of sp³-hybridized carbons (Fsp3) is 0.909. The van der Waals surface area contributed by atoms with E-state index in [4.69, 9.17) is 0 Å². The normalized spacial score (nSPS) is 16.2. The van der Waals surface area contributed by atoms with Crippen molar-refractivity contribution in [3.8, 4) is 0 Å². The Hall–Kier alpha value is -2.74. The van der Waals surface area contributed by atoms with Crippen molar-refractivity contribution in [2.24, 2.45) is 11.3 Å². The molecule has 0 spiro atoms. The van der Waals surface area contributed by atoms with Crippen molar-refractivity contribution in [2.75, 3.05) is 13.2 Å². The van der Waals surface area contributed by atoms with E-state index >= 15 is 0 Å². The number of hydrogen-bond donors (Lipinski definition) is 0. The summed E-state index contributed by atoms with van der Waals surface area (Å²) < 4.78 is 324. The molecule has 0 saturated carbocycles. The molecule has 28 heteroatoms. The van der Waals surface area contributed by atoms with Crippen molar-refractivity contribution < 1.29 is 124 Å². The molecule has 1 atom stereocenters. The maximum absolute atomic E-state index is 13.9. The molecule has 0 amide bonds. The van der Waals surface area contributed by atoms with Crippen LogP contribution in [0.3, 0.4) is 0 Å². The van der Waals surface area contributed by atoms with Crippen LogP contribution in [0.2, 0.25) is 0 Å². The van der Waals surface area contributed by atoms with Gasteiger partial charge in [-0.2, -0.15) is 87.8 Å². The highest BCUT2D eigenvalue weighted by Gasteiger charge is 2.89. The fourth-order valence-electron chi connectivity index (χ4n) is 3.32. The highest BCUT2D eigenvalue weighted by Crippen LogP contribution is 2.59. The molecule has 0 rings (SSSR count). The van der Waals surface area contributed by atoms with Gasteiger partial charge < -0.3 is 9.47 Å². The molecule has 298 valence electrons. The Balaban J connectivity index is 5.87. The predicted octanol–water partition coefficient (Wildman–Crippen LogP) is 9.01. The Labute approximate surface area is 261 Å². The van der Waals surface area contributed by atoms with Crippen LogP contribution in [0.25, 0.3) is 0 Å². The maximum Gasteiger partial charge on any atom is 0.384 e. The molecule has 0 saturated heterocycles. The SMILES string of the molecule is CC(CC(C)(C)C(=O)OCC(F)(F)C(F)(F)C(F)(F)C(F)(F)C(F)(F)C(F)F)C(=O)OCC(F)(F)C(F)(F)C(F)(F)C(F)(F)C(F)(F)C(F)F. The predicted molar refractivity (Wildman–Crippen MR) is 111 cm³/mol. The van der Waals surface area contributed by atoms with Gasteiger partial charge in [-0.3, -0.25) is 9.59 Å². The van der Waals surface area contributed by atoms with E-state index in [-0.39, 0.29) is 0 Å². The van der Waals surface area contributed by atoms with E-state index in [1.165, 1.54) is 0 Å². The van der Waals surface area contributed by atoms with Gasteiger partial charge in [-0.05, 0) is 20.3 Å². The number of carbonyl (C=O) groups is 2. The average Bonchev–Trinajstić information content (AvgIpc) is 2.93. The molecule has 4 nitrogen and oxygen atoms in total. The third-order valence-electron chi connectivity index (χ3n) is 6.43. The van der Waals surface area contributed by atoms with Crippen LogP contribution in [0.15, 0.2) is 0 Å². The number of alkyl halides is 24. The van der Waals surface area contributed by atoms with Crippen LogP contribution in [-0.4, -0.2) is 97.2 Å². The summed E-state index contributed by atoms with van der Waals surface area (Å²) in [6.07, 6.45) is -13.0. The van der Waals surface area contributed by atoms with E-state index in [9.17, 15) is 115 Å². The topological polar surface area (TPSA) is 52.6 Å². The molecule has 0 aliphatic carbocycles. The second kappa shape index (κ2) is 13.7. The second-order valence-electron chi connectivity index (χ2n) is 10.9. The van der Waals surface area contributed by atoms with Gasteiger partial charge in [0.05, 0.1) is 11.3 Å². The molecule has 0 fully saturated rings. The van der Waals surface area contributed by atoms with E-state index in [0.717, 1.165) is 0 Å². The number of ether oxygens (including phenoxy) is 2. The third kappa shape index (κ3) is 7.56. The maximum atomic E-state index is 13.9. The summed E-state index contributed by atoms with van der Waals surface area (Å²) in [5.74, 6) is -82.5. The summed E-state index contributed by atoms with van der Waals surface area (Å²) in [6.45, 7) is -5.59. The standard InChI is InChI=1S/C22H18F24O4/c1-7(8(47)49-5-13(27,28)17(35,36)21(43,44)19(39,40)15(31,32)9(23)24)4-12(2,3)11(48)50-6-14(29,30)18(37,38)22(45,46)20(41,42)16(33,34)10(25)26/h7,9-10H,4-6H2,1-3H3. The zero-order chi connectivity index (χ0) is 40.9. The molecule has 0 aromatic carbocycles. The molecule has 0 aromatic rings. The van der Waals surface area contributed by atoms with Crippen molar-refractivity contribution in [3.05, 3.63) is 0 Å². The minimum Gasteiger partial charge on any atom is -0.459 e. The van der Waals surface area contributed by atoms with Crippen LogP contribution in [0.1, 0.15) is 27.2 Å². The summed E-state index contributed by atoms with van der Waals surface area (Å²) in [4.78, 5) is 24.0. The lowest BCUT2D eigenvalue weighted by Gasteiger charge is -2.39. The number of hydrogen-bond acceptors (Lipinski definition) is 4. The number of carbonyl (C=O) groups excluding carboxylic acids is 2. The van der Waals surface area contributed by atoms with E-state index in [1.807, 2.05) is 0 Å². The number of esters is 2. The second-order valence-corrected chi connectivity index (χ2v) is 10.9. The van der Waals surface area contributed by atoms with E-state index in [0.29, 0.717) is 20.8 Å². The first-order chi connectivity index (χ1) is 21.5. The van der Waals surface area contributed by atoms with Crippen LogP contribution in [0, 0.1) is 11.3 Å². The Kier molecular flexibility index (Phi) is 12.9. The quantitative estimate of drug-likeness (QED) is 0.103. The first-order valence-electron chi connectivity index (χ1n) is 12.2. The Morgan fingerprint density at radius 3 is 1.04 bits per heavy atom. The van der Waals surface area contributed by atoms with Gasteiger partial charge in [0.1, 0.15) is 0 Å². The first kappa shape index (κ1) is 47.3. The van der Waals surface area contributed by atoms with Gasteiger partial charge in [0, 0.05) is 0 Å². The van der Waals surface area contributed by atoms with Gasteiger partial charge >= 0.3 is 84.0 Å². The Bertz CT molecular complexity index is 1210. The summed E-state index contributed by atoms with van der Waals surface area (Å²) >= 11 is 0. The minimum absolute atomic E-state index is 0.411. The van der Waals surface area contributed by atoms with E-state index in [1.54, 1.807) is 0 Å². The van der Waals surface area contributed by atoms with Crippen LogP contribution < -0.4 is 0 Å². The molecule has 0 heterocycles. The molecular formula is C22H18F24O4. The smallest absolute Gasteiger partial charge is 0.384 e. The molecule has 50 heavy (non-hydrogen) atoms. The van der Waals surface area contributed by atoms with Gasteiger partial charge in [0.15, 0.2) is 13.2 Å². The van der Waals surface area contributed by atoms with E-state index < -0.39 is 115 Å². The van der Waals surface area contributed by atoms with Crippen LogP contribution in [0.4, 0.5) is 105 Å². The molecule has 0 aliphatic rings. The molecule has 0 bridgehead atoms. The highest BCUT2D eigenvalue weighted by molar-refractivity contribution is 5.78. The molecule has 0 N–H and O–H groups in total. The lowest BCUT2D eigenvalue weighted by molar-refractivity contribution is -0.414. The fourth-order valence-corrected chi connectivity index (χ4v) is 3.32. The van der Waals surface area contributed by atoms with E-state index in [2.05, 4.69) is 9.47 Å². The summed E-state index contributed by atoms with van der Waals surface area (Å²) in [5, 5.41) is 0. The molecular weight excluding hydrogens is 784 g/mol. The van der Waals surface area contributed by atoms with Crippen LogP contribution in [0.5, 0.6) is 0 Å². The zero-order valence-electron chi connectivity index (χ0n) is 24.1. The zero-order valence-corrected chi connectivity index (χ0v) is 24.1. The molecule has 1 unspecified atom stereocenters. The van der Waals surface area contributed by atoms with Crippen molar-refractivity contribution in [3.63, 3.8) is 0 Å². The average molecular weight is 802 g/mol. The third-order valence-corrected chi connectivity index (χ3v) is 6.43. The monoisotopic (exact) mass is 802 g/mol. The van der Waals surface area contributed by atoms with Gasteiger partial charge in [-0.25, -0.2) is 17.6 Å². The molecule has 0 radical (unpaired) electrons. The molecule has 0 aliphatic heterocycles. The van der Waals surface area contributed by atoms with Crippen LogP contribution >= 0.6 is 0 Å². The van der Waals surface area contributed by atoms with Crippen LogP contribution in [-0.2, 0) is 19.1 Å². The minimum atomic E-state index is -8.01. The lowest BCUT2D eigenvalue weighted by Crippen LogP contribution is -2.69. The number of rotatable bonds is 18. The van der Waals surface area contributed by atoms with Gasteiger partial charge in [0.2, 0.25) is 0 Å². The van der Waals surface area contributed by atoms with Crippen molar-refractivity contribution in [1.29, 1.82) is 0 Å². The van der Waals surface area contributed by atoms with Crippen molar-refractivity contribution in [2.45, 2.75) is 99.3 Å².